The van der Waals surface area contributed by atoms with Crippen molar-refractivity contribution in [3.63, 3.8) is 0 Å². The Bertz CT molecular complexity index is 690. The van der Waals surface area contributed by atoms with Crippen molar-refractivity contribution >= 4 is 23.5 Å². The first-order chi connectivity index (χ1) is 10.1. The van der Waals surface area contributed by atoms with E-state index >= 15 is 0 Å². The van der Waals surface area contributed by atoms with Crippen molar-refractivity contribution in [2.45, 2.75) is 13.3 Å². The number of amides is 1. The molecular formula is C15H14ClN3O2. The Morgan fingerprint density at radius 2 is 2.29 bits per heavy atom. The number of rotatable bonds is 2. The SMILES string of the molecule is Cc1ccnc(NC(=O)C2COc3ccc(Cl)cc3C2)n1. The molecule has 1 aliphatic heterocycles. The molecule has 2 heterocycles. The van der Waals surface area contributed by atoms with Crippen LogP contribution in [0.2, 0.25) is 5.02 Å². The molecule has 6 heteroatoms. The summed E-state index contributed by atoms with van der Waals surface area (Å²) < 4.78 is 5.61. The lowest BCUT2D eigenvalue weighted by molar-refractivity contribution is -0.121. The van der Waals surface area contributed by atoms with E-state index in [1.165, 1.54) is 0 Å². The van der Waals surface area contributed by atoms with Crippen molar-refractivity contribution in [3.05, 3.63) is 46.7 Å². The van der Waals surface area contributed by atoms with Crippen LogP contribution in [-0.4, -0.2) is 22.5 Å². The molecule has 1 aliphatic rings. The topological polar surface area (TPSA) is 64.1 Å². The summed E-state index contributed by atoms with van der Waals surface area (Å²) in [6.45, 7) is 2.19. The maximum absolute atomic E-state index is 12.3. The van der Waals surface area contributed by atoms with Gasteiger partial charge in [0.15, 0.2) is 0 Å². The molecule has 0 aliphatic carbocycles. The average Bonchev–Trinajstić information content (AvgIpc) is 2.46. The summed E-state index contributed by atoms with van der Waals surface area (Å²) in [6.07, 6.45) is 2.21. The van der Waals surface area contributed by atoms with Crippen LogP contribution in [0.4, 0.5) is 5.95 Å². The van der Waals surface area contributed by atoms with Gasteiger partial charge in [-0.2, -0.15) is 0 Å². The van der Waals surface area contributed by atoms with Crippen molar-refractivity contribution in [1.29, 1.82) is 0 Å². The predicted octanol–water partition coefficient (Wildman–Crippen LogP) is 2.63. The van der Waals surface area contributed by atoms with Gasteiger partial charge in [-0.15, -0.1) is 0 Å². The first kappa shape index (κ1) is 13.8. The van der Waals surface area contributed by atoms with Crippen LogP contribution in [0.5, 0.6) is 5.75 Å². The highest BCUT2D eigenvalue weighted by Gasteiger charge is 2.26. The number of halogens is 1. The molecule has 108 valence electrons. The normalized spacial score (nSPS) is 16.8. The maximum Gasteiger partial charge on any atom is 0.233 e. The van der Waals surface area contributed by atoms with E-state index in [1.54, 1.807) is 18.3 Å². The van der Waals surface area contributed by atoms with Crippen LogP contribution in [0.15, 0.2) is 30.5 Å². The molecule has 0 fully saturated rings. The van der Waals surface area contributed by atoms with E-state index in [1.807, 2.05) is 19.1 Å². The summed E-state index contributed by atoms with van der Waals surface area (Å²) in [5.41, 5.74) is 1.75. The van der Waals surface area contributed by atoms with Gasteiger partial charge in [-0.1, -0.05) is 11.6 Å². The number of nitrogens with zero attached hydrogens (tertiary/aromatic N) is 2. The lowest BCUT2D eigenvalue weighted by atomic mass is 9.96. The molecule has 1 N–H and O–H groups in total. The molecule has 1 aromatic heterocycles. The zero-order chi connectivity index (χ0) is 14.8. The van der Waals surface area contributed by atoms with Crippen LogP contribution in [0.25, 0.3) is 0 Å². The van der Waals surface area contributed by atoms with Gasteiger partial charge in [0, 0.05) is 16.9 Å². The highest BCUT2D eigenvalue weighted by atomic mass is 35.5. The number of nitrogens with one attached hydrogen (secondary N) is 1. The van der Waals surface area contributed by atoms with Gasteiger partial charge in [-0.25, -0.2) is 9.97 Å². The fourth-order valence-electron chi connectivity index (χ4n) is 2.25. The Kier molecular flexibility index (Phi) is 3.75. The minimum Gasteiger partial charge on any atom is -0.492 e. The molecule has 1 unspecified atom stereocenters. The first-order valence-electron chi connectivity index (χ1n) is 6.63. The molecular weight excluding hydrogens is 290 g/mol. The Morgan fingerprint density at radius 1 is 1.43 bits per heavy atom. The Balaban J connectivity index is 1.72. The van der Waals surface area contributed by atoms with Gasteiger partial charge in [0.25, 0.3) is 0 Å². The van der Waals surface area contributed by atoms with E-state index in [4.69, 9.17) is 16.3 Å². The summed E-state index contributed by atoms with van der Waals surface area (Å²) in [5, 5.41) is 3.36. The summed E-state index contributed by atoms with van der Waals surface area (Å²) in [4.78, 5) is 20.5. The Hall–Kier alpha value is -2.14. The number of ether oxygens (including phenoxy) is 1. The summed E-state index contributed by atoms with van der Waals surface area (Å²) >= 11 is 5.98. The third-order valence-corrected chi connectivity index (χ3v) is 3.56. The van der Waals surface area contributed by atoms with Gasteiger partial charge >= 0.3 is 0 Å². The second-order valence-electron chi connectivity index (χ2n) is 4.97. The quantitative estimate of drug-likeness (QED) is 0.926. The molecule has 0 bridgehead atoms. The Labute approximate surface area is 127 Å². The van der Waals surface area contributed by atoms with Crippen molar-refractivity contribution in [2.24, 2.45) is 5.92 Å². The zero-order valence-electron chi connectivity index (χ0n) is 11.5. The molecule has 5 nitrogen and oxygen atoms in total. The van der Waals surface area contributed by atoms with Gasteiger partial charge in [0.1, 0.15) is 12.4 Å². The molecule has 0 saturated heterocycles. The molecule has 1 amide bonds. The highest BCUT2D eigenvalue weighted by molar-refractivity contribution is 6.30. The molecule has 21 heavy (non-hydrogen) atoms. The summed E-state index contributed by atoms with van der Waals surface area (Å²) in [5.74, 6) is 0.679. The fourth-order valence-corrected chi connectivity index (χ4v) is 2.45. The number of aryl methyl sites for hydroxylation is 1. The predicted molar refractivity (Wildman–Crippen MR) is 79.5 cm³/mol. The molecule has 1 atom stereocenters. The number of carbonyl (C=O) groups excluding carboxylic acids is 1. The smallest absolute Gasteiger partial charge is 0.233 e. The lowest BCUT2D eigenvalue weighted by Crippen LogP contribution is -2.33. The lowest BCUT2D eigenvalue weighted by Gasteiger charge is -2.24. The van der Waals surface area contributed by atoms with Gasteiger partial charge in [-0.3, -0.25) is 10.1 Å². The van der Waals surface area contributed by atoms with Crippen LogP contribution in [-0.2, 0) is 11.2 Å². The molecule has 1 aromatic carbocycles. The second-order valence-corrected chi connectivity index (χ2v) is 5.41. The minimum absolute atomic E-state index is 0.147. The molecule has 2 aromatic rings. The minimum atomic E-state index is -0.278. The van der Waals surface area contributed by atoms with E-state index in [0.717, 1.165) is 17.0 Å². The third-order valence-electron chi connectivity index (χ3n) is 3.33. The Morgan fingerprint density at radius 3 is 3.10 bits per heavy atom. The standard InChI is InChI=1S/C15H14ClN3O2/c1-9-4-5-17-15(18-9)19-14(20)11-6-10-7-12(16)2-3-13(10)21-8-11/h2-5,7,11H,6,8H2,1H3,(H,17,18,19,20). The maximum atomic E-state index is 12.3. The van der Waals surface area contributed by atoms with Gasteiger partial charge in [0.05, 0.1) is 5.92 Å². The van der Waals surface area contributed by atoms with E-state index in [-0.39, 0.29) is 11.8 Å². The van der Waals surface area contributed by atoms with Crippen LogP contribution < -0.4 is 10.1 Å². The van der Waals surface area contributed by atoms with Gasteiger partial charge in [-0.05, 0) is 43.2 Å². The van der Waals surface area contributed by atoms with E-state index in [9.17, 15) is 4.79 Å². The van der Waals surface area contributed by atoms with Crippen molar-refractivity contribution in [1.82, 2.24) is 9.97 Å². The summed E-state index contributed by atoms with van der Waals surface area (Å²) in [6, 6.07) is 7.22. The van der Waals surface area contributed by atoms with E-state index in [2.05, 4.69) is 15.3 Å². The average molecular weight is 304 g/mol. The number of anilines is 1. The number of aromatic nitrogens is 2. The third kappa shape index (κ3) is 3.13. The van der Waals surface area contributed by atoms with E-state index in [0.29, 0.717) is 24.0 Å². The van der Waals surface area contributed by atoms with Crippen molar-refractivity contribution in [3.8, 4) is 5.75 Å². The second kappa shape index (κ2) is 5.69. The number of carbonyl (C=O) groups is 1. The molecule has 3 rings (SSSR count). The molecule has 0 radical (unpaired) electrons. The van der Waals surface area contributed by atoms with Crippen LogP contribution in [0.3, 0.4) is 0 Å². The van der Waals surface area contributed by atoms with Crippen LogP contribution in [0.1, 0.15) is 11.3 Å². The first-order valence-corrected chi connectivity index (χ1v) is 7.01. The number of hydrogen-bond acceptors (Lipinski definition) is 4. The molecule has 0 saturated carbocycles. The largest absolute Gasteiger partial charge is 0.492 e. The monoisotopic (exact) mass is 303 g/mol. The molecule has 0 spiro atoms. The fraction of sp³-hybridized carbons (Fsp3) is 0.267. The number of benzene rings is 1. The number of fused-ring (bicyclic) bond motifs is 1. The van der Waals surface area contributed by atoms with Crippen LogP contribution in [0, 0.1) is 12.8 Å². The van der Waals surface area contributed by atoms with Crippen LogP contribution >= 0.6 is 11.6 Å². The van der Waals surface area contributed by atoms with Crippen molar-refractivity contribution < 1.29 is 9.53 Å². The van der Waals surface area contributed by atoms with Crippen molar-refractivity contribution in [2.75, 3.05) is 11.9 Å². The van der Waals surface area contributed by atoms with Gasteiger partial charge < -0.3 is 4.74 Å². The highest BCUT2D eigenvalue weighted by Crippen LogP contribution is 2.30. The van der Waals surface area contributed by atoms with Gasteiger partial charge in [0.2, 0.25) is 11.9 Å². The summed E-state index contributed by atoms with van der Waals surface area (Å²) in [7, 11) is 0. The van der Waals surface area contributed by atoms with E-state index < -0.39 is 0 Å². The zero-order valence-corrected chi connectivity index (χ0v) is 12.2. The number of hydrogen-bond donors (Lipinski definition) is 1.